The topological polar surface area (TPSA) is 80.7 Å². The van der Waals surface area contributed by atoms with E-state index in [1.807, 2.05) is 6.92 Å². The molecule has 3 saturated carbocycles. The molecular weight excluding hydrogens is 308 g/mol. The normalized spacial score (nSPS) is 50.6. The number of ether oxygens (including phenoxy) is 1. The molecule has 1 N–H and O–H groups in total. The minimum Gasteiger partial charge on any atom is -0.464 e. The maximum Gasteiger partial charge on any atom is 0.320 e. The summed E-state index contributed by atoms with van der Waals surface area (Å²) in [5, 5.41) is 10.9. The van der Waals surface area contributed by atoms with Gasteiger partial charge in [0.15, 0.2) is 5.78 Å². The van der Waals surface area contributed by atoms with Gasteiger partial charge in [0.1, 0.15) is 11.7 Å². The number of Topliss-reactive ketones (excluding diaryl/α,β-unsaturated/α-hetero) is 1. The van der Waals surface area contributed by atoms with Crippen molar-refractivity contribution in [1.29, 1.82) is 0 Å². The van der Waals surface area contributed by atoms with Gasteiger partial charge in [-0.15, -0.1) is 0 Å². The monoisotopic (exact) mass is 332 g/mol. The number of ketones is 1. The second kappa shape index (κ2) is 5.01. The molecule has 130 valence electrons. The van der Waals surface area contributed by atoms with Gasteiger partial charge in [-0.25, -0.2) is 0 Å². The summed E-state index contributed by atoms with van der Waals surface area (Å²) in [6, 6.07) is 0. The Kier molecular flexibility index (Phi) is 3.34. The van der Waals surface area contributed by atoms with Crippen LogP contribution in [0, 0.1) is 34.5 Å². The Hall–Kier alpha value is -1.49. The van der Waals surface area contributed by atoms with Crippen molar-refractivity contribution < 1.29 is 24.2 Å². The molecule has 24 heavy (non-hydrogen) atoms. The molecule has 5 nitrogen and oxygen atoms in total. The Balaban J connectivity index is 1.90. The minimum atomic E-state index is -1.32. The van der Waals surface area contributed by atoms with Crippen LogP contribution in [0.5, 0.6) is 0 Å². The Morgan fingerprint density at radius 1 is 1.38 bits per heavy atom. The first-order valence-electron chi connectivity index (χ1n) is 8.92. The second-order valence-electron chi connectivity index (χ2n) is 8.35. The highest BCUT2D eigenvalue weighted by atomic mass is 16.5. The highest BCUT2D eigenvalue weighted by molar-refractivity contribution is 6.15. The van der Waals surface area contributed by atoms with Gasteiger partial charge >= 0.3 is 5.97 Å². The lowest BCUT2D eigenvalue weighted by molar-refractivity contribution is -0.220. The number of hydrogen-bond acceptors (Lipinski definition) is 5. The fourth-order valence-electron chi connectivity index (χ4n) is 6.39. The lowest BCUT2D eigenvalue weighted by atomic mass is 9.47. The number of aldehydes is 1. The van der Waals surface area contributed by atoms with Crippen LogP contribution in [0.1, 0.15) is 39.0 Å². The summed E-state index contributed by atoms with van der Waals surface area (Å²) in [5.74, 6) is -1.60. The fraction of sp³-hybridized carbons (Fsp3) is 0.737. The van der Waals surface area contributed by atoms with E-state index in [0.717, 1.165) is 19.1 Å². The summed E-state index contributed by atoms with van der Waals surface area (Å²) in [4.78, 5) is 37.7. The molecule has 5 heteroatoms. The minimum absolute atomic E-state index is 0.132. The van der Waals surface area contributed by atoms with Crippen molar-refractivity contribution >= 4 is 18.0 Å². The molecule has 1 heterocycles. The molecule has 3 aliphatic carbocycles. The molecule has 0 radical (unpaired) electrons. The van der Waals surface area contributed by atoms with E-state index in [4.69, 9.17) is 4.74 Å². The summed E-state index contributed by atoms with van der Waals surface area (Å²) < 4.78 is 5.54. The number of hydrogen-bond donors (Lipinski definition) is 1. The van der Waals surface area contributed by atoms with Crippen LogP contribution >= 0.6 is 0 Å². The van der Waals surface area contributed by atoms with Crippen LogP contribution in [-0.2, 0) is 19.1 Å². The zero-order chi connectivity index (χ0) is 17.3. The van der Waals surface area contributed by atoms with Crippen molar-refractivity contribution in [3.8, 4) is 0 Å². The third-order valence-electron chi connectivity index (χ3n) is 7.38. The average Bonchev–Trinajstić information content (AvgIpc) is 2.74. The predicted octanol–water partition coefficient (Wildman–Crippen LogP) is 1.68. The van der Waals surface area contributed by atoms with Crippen molar-refractivity contribution in [2.75, 3.05) is 6.61 Å². The van der Waals surface area contributed by atoms with Crippen molar-refractivity contribution in [2.45, 2.75) is 45.1 Å². The number of fused-ring (bicyclic) bond motifs is 2. The first kappa shape index (κ1) is 16.0. The number of cyclic esters (lactones) is 1. The number of esters is 1. The Morgan fingerprint density at radius 3 is 2.83 bits per heavy atom. The lowest BCUT2D eigenvalue weighted by Crippen LogP contribution is -2.65. The van der Waals surface area contributed by atoms with E-state index in [1.165, 1.54) is 0 Å². The Morgan fingerprint density at radius 2 is 2.12 bits per heavy atom. The maximum atomic E-state index is 13.0. The SMILES string of the molecule is C=C1C(=O)C23CC1CC(O)C2C1(CCCC(C)C1C=O)COC3=O. The molecule has 1 saturated heterocycles. The summed E-state index contributed by atoms with van der Waals surface area (Å²) in [7, 11) is 0. The molecule has 0 aromatic rings. The second-order valence-corrected chi connectivity index (χ2v) is 8.35. The van der Waals surface area contributed by atoms with E-state index < -0.39 is 28.8 Å². The van der Waals surface area contributed by atoms with Gasteiger partial charge in [0.2, 0.25) is 0 Å². The number of allylic oxidation sites excluding steroid dienone is 1. The quantitative estimate of drug-likeness (QED) is 0.342. The van der Waals surface area contributed by atoms with Gasteiger partial charge in [0.05, 0.1) is 12.7 Å². The van der Waals surface area contributed by atoms with Crippen LogP contribution in [0.25, 0.3) is 0 Å². The molecule has 7 unspecified atom stereocenters. The molecule has 0 aromatic heterocycles. The first-order valence-corrected chi connectivity index (χ1v) is 8.92. The highest BCUT2D eigenvalue weighted by Gasteiger charge is 2.73. The van der Waals surface area contributed by atoms with Gasteiger partial charge in [0.25, 0.3) is 0 Å². The summed E-state index contributed by atoms with van der Waals surface area (Å²) in [5.41, 5.74) is -1.51. The zero-order valence-electron chi connectivity index (χ0n) is 14.0. The number of carbonyl (C=O) groups is 3. The molecule has 2 spiro atoms. The third-order valence-corrected chi connectivity index (χ3v) is 7.38. The molecule has 7 atom stereocenters. The summed E-state index contributed by atoms with van der Waals surface area (Å²) in [6.45, 7) is 6.05. The first-order chi connectivity index (χ1) is 11.4. The van der Waals surface area contributed by atoms with Gasteiger partial charge in [0, 0.05) is 17.3 Å². The molecule has 4 aliphatic rings. The van der Waals surface area contributed by atoms with Crippen molar-refractivity contribution in [3.05, 3.63) is 12.2 Å². The predicted molar refractivity (Wildman–Crippen MR) is 84.8 cm³/mol. The van der Waals surface area contributed by atoms with Crippen LogP contribution in [0.2, 0.25) is 0 Å². The van der Waals surface area contributed by atoms with E-state index >= 15 is 0 Å². The Bertz CT molecular complexity index is 640. The highest BCUT2D eigenvalue weighted by Crippen LogP contribution is 2.66. The van der Waals surface area contributed by atoms with Crippen LogP contribution in [-0.4, -0.2) is 35.9 Å². The van der Waals surface area contributed by atoms with Gasteiger partial charge in [-0.05, 0) is 43.1 Å². The van der Waals surface area contributed by atoms with Crippen molar-refractivity contribution in [1.82, 2.24) is 0 Å². The van der Waals surface area contributed by atoms with Gasteiger partial charge in [-0.3, -0.25) is 9.59 Å². The maximum absolute atomic E-state index is 13.0. The molecule has 0 aromatic carbocycles. The number of aliphatic hydroxyl groups is 1. The van der Waals surface area contributed by atoms with Crippen LogP contribution < -0.4 is 0 Å². The lowest BCUT2D eigenvalue weighted by Gasteiger charge is -2.58. The van der Waals surface area contributed by atoms with E-state index in [0.29, 0.717) is 24.8 Å². The van der Waals surface area contributed by atoms with Crippen LogP contribution in [0.15, 0.2) is 12.2 Å². The molecule has 4 fully saturated rings. The molecule has 0 amide bonds. The molecular formula is C19H24O5. The zero-order valence-corrected chi connectivity index (χ0v) is 14.0. The Labute approximate surface area is 141 Å². The smallest absolute Gasteiger partial charge is 0.320 e. The number of rotatable bonds is 1. The van der Waals surface area contributed by atoms with E-state index in [-0.39, 0.29) is 30.1 Å². The van der Waals surface area contributed by atoms with Gasteiger partial charge < -0.3 is 14.6 Å². The molecule has 4 rings (SSSR count). The molecule has 2 bridgehead atoms. The molecule has 1 aliphatic heterocycles. The standard InChI is InChI=1S/C19H24O5/c1-10-4-3-5-18(13(10)8-20)9-24-17(23)19-7-12(11(2)16(19)22)6-14(21)15(18)19/h8,10,12-15,21H,2-7,9H2,1H3. The number of aliphatic hydroxyl groups excluding tert-OH is 1. The van der Waals surface area contributed by atoms with Crippen LogP contribution in [0.3, 0.4) is 0 Å². The van der Waals surface area contributed by atoms with E-state index in [9.17, 15) is 19.5 Å². The van der Waals surface area contributed by atoms with Gasteiger partial charge in [-0.1, -0.05) is 19.9 Å². The van der Waals surface area contributed by atoms with E-state index in [2.05, 4.69) is 6.58 Å². The largest absolute Gasteiger partial charge is 0.464 e. The van der Waals surface area contributed by atoms with Crippen molar-refractivity contribution in [2.24, 2.45) is 34.5 Å². The van der Waals surface area contributed by atoms with E-state index in [1.54, 1.807) is 0 Å². The summed E-state index contributed by atoms with van der Waals surface area (Å²) in [6.07, 6.45) is 3.59. The third kappa shape index (κ3) is 1.66. The van der Waals surface area contributed by atoms with Gasteiger partial charge in [-0.2, -0.15) is 0 Å². The number of carbonyl (C=O) groups excluding carboxylic acids is 3. The summed E-state index contributed by atoms with van der Waals surface area (Å²) >= 11 is 0. The van der Waals surface area contributed by atoms with Crippen molar-refractivity contribution in [3.63, 3.8) is 0 Å². The van der Waals surface area contributed by atoms with Crippen LogP contribution in [0.4, 0.5) is 0 Å². The average molecular weight is 332 g/mol. The fourth-order valence-corrected chi connectivity index (χ4v) is 6.39.